The second kappa shape index (κ2) is 6.64. The van der Waals surface area contributed by atoms with Crippen LogP contribution in [0.3, 0.4) is 0 Å². The van der Waals surface area contributed by atoms with Gasteiger partial charge in [-0.2, -0.15) is 0 Å². The number of carbonyl (C=O) groups is 1. The molecule has 0 N–H and O–H groups in total. The number of nitro groups is 1. The zero-order valence-electron chi connectivity index (χ0n) is 11.2. The van der Waals surface area contributed by atoms with E-state index in [1.165, 1.54) is 37.4 Å². The Morgan fingerprint density at radius 1 is 1.23 bits per heavy atom. The lowest BCUT2D eigenvalue weighted by Crippen LogP contribution is -2.10. The van der Waals surface area contributed by atoms with Crippen LogP contribution in [0.5, 0.6) is 11.5 Å². The molecule has 0 saturated carbocycles. The van der Waals surface area contributed by atoms with Crippen LogP contribution in [0.4, 0.5) is 5.69 Å². The fourth-order valence-corrected chi connectivity index (χ4v) is 2.05. The van der Waals surface area contributed by atoms with Gasteiger partial charge in [0.1, 0.15) is 5.75 Å². The number of hydrogen-bond donors (Lipinski definition) is 0. The van der Waals surface area contributed by atoms with E-state index in [0.29, 0.717) is 0 Å². The highest BCUT2D eigenvalue weighted by molar-refractivity contribution is 6.43. The van der Waals surface area contributed by atoms with E-state index in [2.05, 4.69) is 0 Å². The average Bonchev–Trinajstić information content (AvgIpc) is 2.50. The molecule has 0 amide bonds. The molecule has 0 fully saturated rings. The van der Waals surface area contributed by atoms with Crippen molar-refractivity contribution in [1.29, 1.82) is 0 Å². The predicted octanol–water partition coefficient (Wildman–Crippen LogP) is 4.13. The number of methoxy groups -OCH3 is 1. The summed E-state index contributed by atoms with van der Waals surface area (Å²) in [7, 11) is 1.37. The van der Waals surface area contributed by atoms with Crippen molar-refractivity contribution in [2.75, 3.05) is 7.11 Å². The van der Waals surface area contributed by atoms with Gasteiger partial charge in [-0.25, -0.2) is 4.79 Å². The van der Waals surface area contributed by atoms with Crippen molar-refractivity contribution in [3.8, 4) is 11.5 Å². The van der Waals surface area contributed by atoms with Crippen molar-refractivity contribution < 1.29 is 19.2 Å². The van der Waals surface area contributed by atoms with Crippen LogP contribution >= 0.6 is 23.2 Å². The maximum atomic E-state index is 12.1. The summed E-state index contributed by atoms with van der Waals surface area (Å²) in [6.45, 7) is 0. The number of nitrogens with zero attached hydrogens (tertiary/aromatic N) is 1. The fraction of sp³-hybridized carbons (Fsp3) is 0.0714. The van der Waals surface area contributed by atoms with Gasteiger partial charge in [-0.15, -0.1) is 0 Å². The number of benzene rings is 2. The number of halogens is 2. The number of rotatable bonds is 4. The Labute approximate surface area is 135 Å². The lowest BCUT2D eigenvalue weighted by molar-refractivity contribution is -0.385. The second-order valence-electron chi connectivity index (χ2n) is 4.08. The lowest BCUT2D eigenvalue weighted by atomic mass is 10.2. The third-order valence-corrected chi connectivity index (χ3v) is 3.56. The van der Waals surface area contributed by atoms with Crippen LogP contribution in [0.15, 0.2) is 36.4 Å². The quantitative estimate of drug-likeness (QED) is 0.361. The fourth-order valence-electron chi connectivity index (χ4n) is 1.67. The molecule has 0 aromatic heterocycles. The van der Waals surface area contributed by atoms with Gasteiger partial charge in [0, 0.05) is 0 Å². The molecule has 0 aliphatic carbocycles. The van der Waals surface area contributed by atoms with Crippen LogP contribution in [0.2, 0.25) is 10.0 Å². The van der Waals surface area contributed by atoms with Gasteiger partial charge in [-0.3, -0.25) is 10.1 Å². The van der Waals surface area contributed by atoms with Gasteiger partial charge < -0.3 is 9.47 Å². The largest absolute Gasteiger partial charge is 0.496 e. The summed E-state index contributed by atoms with van der Waals surface area (Å²) in [6.07, 6.45) is 0. The molecule has 0 heterocycles. The monoisotopic (exact) mass is 341 g/mol. The number of carbonyl (C=O) groups excluding carboxylic acids is 1. The topological polar surface area (TPSA) is 78.7 Å². The van der Waals surface area contributed by atoms with Crippen LogP contribution in [0.25, 0.3) is 0 Å². The maximum Gasteiger partial charge on any atom is 0.345 e. The minimum atomic E-state index is -0.847. The molecule has 0 saturated heterocycles. The van der Waals surface area contributed by atoms with E-state index < -0.39 is 16.6 Å². The highest BCUT2D eigenvalue weighted by atomic mass is 35.5. The van der Waals surface area contributed by atoms with E-state index in [0.717, 1.165) is 6.07 Å². The molecule has 8 heteroatoms. The van der Waals surface area contributed by atoms with Crippen molar-refractivity contribution in [2.45, 2.75) is 0 Å². The Balaban J connectivity index is 2.36. The maximum absolute atomic E-state index is 12.1. The van der Waals surface area contributed by atoms with Gasteiger partial charge in [0.05, 0.1) is 33.7 Å². The molecule has 22 heavy (non-hydrogen) atoms. The summed E-state index contributed by atoms with van der Waals surface area (Å²) in [5.74, 6) is -0.792. The van der Waals surface area contributed by atoms with Crippen LogP contribution in [-0.4, -0.2) is 18.0 Å². The lowest BCUT2D eigenvalue weighted by Gasteiger charge is -2.08. The van der Waals surface area contributed by atoms with Crippen LogP contribution in [0.1, 0.15) is 10.4 Å². The zero-order chi connectivity index (χ0) is 16.3. The Morgan fingerprint density at radius 2 is 1.95 bits per heavy atom. The Bertz CT molecular complexity index is 748. The Kier molecular flexibility index (Phi) is 4.85. The molecule has 2 aromatic rings. The number of esters is 1. The zero-order valence-corrected chi connectivity index (χ0v) is 12.7. The third kappa shape index (κ3) is 3.29. The summed E-state index contributed by atoms with van der Waals surface area (Å²) < 4.78 is 9.95. The minimum absolute atomic E-state index is 0.0132. The highest BCUT2D eigenvalue weighted by Gasteiger charge is 2.22. The molecule has 0 unspecified atom stereocenters. The van der Waals surface area contributed by atoms with Gasteiger partial charge in [-0.05, 0) is 24.3 Å². The first-order chi connectivity index (χ1) is 10.4. The van der Waals surface area contributed by atoms with E-state index in [9.17, 15) is 14.9 Å². The van der Waals surface area contributed by atoms with Gasteiger partial charge in [0.15, 0.2) is 0 Å². The summed E-state index contributed by atoms with van der Waals surface area (Å²) in [6, 6.07) is 8.31. The number of hydrogen-bond acceptors (Lipinski definition) is 5. The molecular weight excluding hydrogens is 333 g/mol. The van der Waals surface area contributed by atoms with Crippen molar-refractivity contribution in [1.82, 2.24) is 0 Å². The third-order valence-electron chi connectivity index (χ3n) is 2.74. The predicted molar refractivity (Wildman–Crippen MR) is 81.1 cm³/mol. The molecule has 2 rings (SSSR count). The second-order valence-corrected chi connectivity index (χ2v) is 4.87. The summed E-state index contributed by atoms with van der Waals surface area (Å²) in [4.78, 5) is 22.5. The first kappa shape index (κ1) is 16.1. The van der Waals surface area contributed by atoms with Crippen molar-refractivity contribution in [3.05, 3.63) is 62.1 Å². The van der Waals surface area contributed by atoms with Gasteiger partial charge in [0.2, 0.25) is 5.75 Å². The SMILES string of the molecule is COc1ccc(OC(=O)c2cccc(Cl)c2Cl)c([N+](=O)[O-])c1. The van der Waals surface area contributed by atoms with Gasteiger partial charge in [0.25, 0.3) is 0 Å². The molecule has 114 valence electrons. The van der Waals surface area contributed by atoms with E-state index in [1.807, 2.05) is 0 Å². The number of nitro benzene ring substituents is 1. The average molecular weight is 342 g/mol. The van der Waals surface area contributed by atoms with Crippen LogP contribution in [0, 0.1) is 10.1 Å². The van der Waals surface area contributed by atoms with E-state index in [1.54, 1.807) is 0 Å². The minimum Gasteiger partial charge on any atom is -0.496 e. The number of ether oxygens (including phenoxy) is 2. The van der Waals surface area contributed by atoms with Crippen LogP contribution in [-0.2, 0) is 0 Å². The van der Waals surface area contributed by atoms with Crippen LogP contribution < -0.4 is 9.47 Å². The first-order valence-electron chi connectivity index (χ1n) is 5.92. The molecule has 6 nitrogen and oxygen atoms in total. The molecule has 0 spiro atoms. The van der Waals surface area contributed by atoms with Crippen molar-refractivity contribution in [2.24, 2.45) is 0 Å². The van der Waals surface area contributed by atoms with Gasteiger partial charge >= 0.3 is 11.7 Å². The summed E-state index contributed by atoms with van der Waals surface area (Å²) in [5.41, 5.74) is -0.384. The molecule has 0 aliphatic heterocycles. The smallest absolute Gasteiger partial charge is 0.345 e. The first-order valence-corrected chi connectivity index (χ1v) is 6.68. The Morgan fingerprint density at radius 3 is 2.59 bits per heavy atom. The van der Waals surface area contributed by atoms with Gasteiger partial charge in [-0.1, -0.05) is 29.3 Å². The van der Waals surface area contributed by atoms with Crippen molar-refractivity contribution >= 4 is 34.9 Å². The summed E-state index contributed by atoms with van der Waals surface area (Å²) in [5, 5.41) is 11.2. The highest BCUT2D eigenvalue weighted by Crippen LogP contribution is 2.33. The van der Waals surface area contributed by atoms with E-state index in [-0.39, 0.29) is 27.1 Å². The molecule has 0 radical (unpaired) electrons. The standard InChI is InChI=1S/C14H9Cl2NO5/c1-21-8-5-6-12(11(7-8)17(19)20)22-14(18)9-3-2-4-10(15)13(9)16/h2-7H,1H3. The molecule has 0 bridgehead atoms. The summed E-state index contributed by atoms with van der Waals surface area (Å²) >= 11 is 11.7. The Hall–Kier alpha value is -2.31. The molecular formula is C14H9Cl2NO5. The van der Waals surface area contributed by atoms with E-state index in [4.69, 9.17) is 32.7 Å². The normalized spacial score (nSPS) is 10.1. The molecule has 2 aromatic carbocycles. The molecule has 0 aliphatic rings. The molecule has 0 atom stereocenters. The van der Waals surface area contributed by atoms with Crippen molar-refractivity contribution in [3.63, 3.8) is 0 Å². The van der Waals surface area contributed by atoms with E-state index >= 15 is 0 Å².